The van der Waals surface area contributed by atoms with Crippen LogP contribution in [0, 0.1) is 11.6 Å². The lowest BCUT2D eigenvalue weighted by molar-refractivity contribution is 0.0586. The van der Waals surface area contributed by atoms with Crippen LogP contribution in [0.3, 0.4) is 0 Å². The van der Waals surface area contributed by atoms with Crippen molar-refractivity contribution in [2.24, 2.45) is 0 Å². The summed E-state index contributed by atoms with van der Waals surface area (Å²) in [6.45, 7) is 6.55. The van der Waals surface area contributed by atoms with E-state index in [0.717, 1.165) is 22.9 Å². The first-order valence-corrected chi connectivity index (χ1v) is 8.99. The first kappa shape index (κ1) is 19.9. The summed E-state index contributed by atoms with van der Waals surface area (Å²) >= 11 is 0. The van der Waals surface area contributed by atoms with Gasteiger partial charge in [0.2, 0.25) is 11.3 Å². The van der Waals surface area contributed by atoms with Crippen molar-refractivity contribution >= 4 is 5.91 Å². The molecular weight excluding hydrogens is 370 g/mol. The Morgan fingerprint density at radius 2 is 1.79 bits per heavy atom. The smallest absolute Gasteiger partial charge is 0.278 e. The van der Waals surface area contributed by atoms with Gasteiger partial charge in [-0.15, -0.1) is 0 Å². The van der Waals surface area contributed by atoms with Gasteiger partial charge in [0, 0.05) is 38.3 Å². The van der Waals surface area contributed by atoms with Crippen LogP contribution in [-0.2, 0) is 0 Å². The lowest BCUT2D eigenvalue weighted by atomic mass is 10.2. The van der Waals surface area contributed by atoms with Crippen LogP contribution in [0.15, 0.2) is 29.1 Å². The van der Waals surface area contributed by atoms with E-state index in [1.54, 1.807) is 4.90 Å². The highest BCUT2D eigenvalue weighted by molar-refractivity contribution is 5.92. The second kappa shape index (κ2) is 8.05. The predicted molar refractivity (Wildman–Crippen MR) is 98.9 cm³/mol. The Morgan fingerprint density at radius 3 is 2.36 bits per heavy atom. The van der Waals surface area contributed by atoms with E-state index in [4.69, 9.17) is 4.74 Å². The molecule has 9 heteroatoms. The molecule has 0 aliphatic carbocycles. The average molecular weight is 392 g/mol. The quantitative estimate of drug-likeness (QED) is 0.792. The van der Waals surface area contributed by atoms with Crippen LogP contribution in [0.5, 0.6) is 5.88 Å². The second-order valence-electron chi connectivity index (χ2n) is 6.83. The van der Waals surface area contributed by atoms with Crippen molar-refractivity contribution in [2.45, 2.75) is 19.9 Å². The van der Waals surface area contributed by atoms with Gasteiger partial charge in [-0.25, -0.2) is 13.5 Å². The van der Waals surface area contributed by atoms with Gasteiger partial charge in [0.1, 0.15) is 0 Å². The first-order valence-electron chi connectivity index (χ1n) is 8.99. The molecule has 0 N–H and O–H groups in total. The van der Waals surface area contributed by atoms with Crippen molar-refractivity contribution in [2.75, 3.05) is 33.3 Å². The number of carbonyl (C=O) groups excluding carboxylic acids is 1. The Labute approximate surface area is 161 Å². The minimum atomic E-state index is -1.07. The average Bonchev–Trinajstić information content (AvgIpc) is 2.69. The Bertz CT molecular complexity index is 937. The number of methoxy groups -OCH3 is 1. The summed E-state index contributed by atoms with van der Waals surface area (Å²) in [5.41, 5.74) is -0.745. The lowest BCUT2D eigenvalue weighted by Crippen LogP contribution is -2.51. The Balaban J connectivity index is 1.95. The highest BCUT2D eigenvalue weighted by Gasteiger charge is 2.27. The standard InChI is InChI=1S/C19H22F2N4O3/c1-12(2)23-6-8-24(9-7-23)19(27)18-16(26)11-17(28-3)25(22-18)13-4-5-14(20)15(21)10-13/h4-5,10-12H,6-9H2,1-3H3. The molecule has 1 amide bonds. The molecule has 1 fully saturated rings. The number of ether oxygens (including phenoxy) is 1. The monoisotopic (exact) mass is 392 g/mol. The molecule has 1 aliphatic rings. The number of aromatic nitrogens is 2. The fraction of sp³-hybridized carbons (Fsp3) is 0.421. The molecule has 1 saturated heterocycles. The third kappa shape index (κ3) is 3.89. The molecule has 3 rings (SSSR count). The summed E-state index contributed by atoms with van der Waals surface area (Å²) in [4.78, 5) is 29.1. The molecule has 2 aromatic rings. The number of carbonyl (C=O) groups is 1. The predicted octanol–water partition coefficient (Wildman–Crippen LogP) is 1.69. The number of nitrogens with zero attached hydrogens (tertiary/aromatic N) is 4. The minimum Gasteiger partial charge on any atom is -0.481 e. The Hall–Kier alpha value is -2.81. The molecule has 0 spiro atoms. The van der Waals surface area contributed by atoms with E-state index in [-0.39, 0.29) is 17.3 Å². The van der Waals surface area contributed by atoms with Crippen molar-refractivity contribution in [3.05, 3.63) is 51.8 Å². The van der Waals surface area contributed by atoms with Crippen molar-refractivity contribution in [1.82, 2.24) is 19.6 Å². The molecule has 0 bridgehead atoms. The molecule has 1 aromatic heterocycles. The van der Waals surface area contributed by atoms with E-state index in [1.165, 1.54) is 13.2 Å². The zero-order chi connectivity index (χ0) is 20.4. The maximum absolute atomic E-state index is 13.6. The molecule has 1 aliphatic heterocycles. The molecule has 0 saturated carbocycles. The summed E-state index contributed by atoms with van der Waals surface area (Å²) < 4.78 is 33.1. The van der Waals surface area contributed by atoms with Crippen molar-refractivity contribution < 1.29 is 18.3 Å². The molecular formula is C19H22F2N4O3. The summed E-state index contributed by atoms with van der Waals surface area (Å²) in [6, 6.07) is 4.64. The third-order valence-corrected chi connectivity index (χ3v) is 4.79. The van der Waals surface area contributed by atoms with Crippen LogP contribution in [0.2, 0.25) is 0 Å². The SMILES string of the molecule is COc1cc(=O)c(C(=O)N2CCN(C(C)C)CC2)nn1-c1ccc(F)c(F)c1. The van der Waals surface area contributed by atoms with Gasteiger partial charge in [0.15, 0.2) is 17.3 Å². The van der Waals surface area contributed by atoms with Crippen LogP contribution in [0.1, 0.15) is 24.3 Å². The largest absolute Gasteiger partial charge is 0.481 e. The second-order valence-corrected chi connectivity index (χ2v) is 6.83. The number of rotatable bonds is 4. The van der Waals surface area contributed by atoms with Gasteiger partial charge in [-0.05, 0) is 26.0 Å². The highest BCUT2D eigenvalue weighted by atomic mass is 19.2. The molecule has 1 aromatic carbocycles. The van der Waals surface area contributed by atoms with Crippen LogP contribution in [-0.4, -0.2) is 64.8 Å². The van der Waals surface area contributed by atoms with Crippen molar-refractivity contribution in [3.8, 4) is 11.6 Å². The molecule has 7 nitrogen and oxygen atoms in total. The summed E-state index contributed by atoms with van der Waals surface area (Å²) in [6.07, 6.45) is 0. The maximum Gasteiger partial charge on any atom is 0.278 e. The van der Waals surface area contributed by atoms with Crippen LogP contribution < -0.4 is 10.2 Å². The van der Waals surface area contributed by atoms with Crippen LogP contribution in [0.25, 0.3) is 5.69 Å². The number of piperazine rings is 1. The number of benzene rings is 1. The normalized spacial score (nSPS) is 15.1. The molecule has 0 unspecified atom stereocenters. The van der Waals surface area contributed by atoms with E-state index in [2.05, 4.69) is 23.8 Å². The third-order valence-electron chi connectivity index (χ3n) is 4.79. The zero-order valence-corrected chi connectivity index (χ0v) is 16.0. The Morgan fingerprint density at radius 1 is 1.11 bits per heavy atom. The zero-order valence-electron chi connectivity index (χ0n) is 16.0. The van der Waals surface area contributed by atoms with Gasteiger partial charge >= 0.3 is 0 Å². The fourth-order valence-electron chi connectivity index (χ4n) is 3.13. The van der Waals surface area contributed by atoms with Crippen molar-refractivity contribution in [3.63, 3.8) is 0 Å². The topological polar surface area (TPSA) is 67.7 Å². The summed E-state index contributed by atoms with van der Waals surface area (Å²) in [5.74, 6) is -2.56. The van der Waals surface area contributed by atoms with E-state index >= 15 is 0 Å². The van der Waals surface area contributed by atoms with E-state index < -0.39 is 23.0 Å². The number of hydrogen-bond acceptors (Lipinski definition) is 5. The van der Waals surface area contributed by atoms with Gasteiger partial charge in [-0.2, -0.15) is 5.10 Å². The van der Waals surface area contributed by atoms with Gasteiger partial charge < -0.3 is 9.64 Å². The maximum atomic E-state index is 13.6. The summed E-state index contributed by atoms with van der Waals surface area (Å²) in [7, 11) is 1.32. The molecule has 0 atom stereocenters. The van der Waals surface area contributed by atoms with Gasteiger partial charge in [-0.1, -0.05) is 0 Å². The van der Waals surface area contributed by atoms with Crippen LogP contribution >= 0.6 is 0 Å². The number of amides is 1. The van der Waals surface area contributed by atoms with E-state index in [1.807, 2.05) is 0 Å². The summed E-state index contributed by atoms with van der Waals surface area (Å²) in [5, 5.41) is 4.10. The van der Waals surface area contributed by atoms with Crippen molar-refractivity contribution in [1.29, 1.82) is 0 Å². The Kier molecular flexibility index (Phi) is 5.73. The van der Waals surface area contributed by atoms with E-state index in [9.17, 15) is 18.4 Å². The first-order chi connectivity index (χ1) is 13.3. The van der Waals surface area contributed by atoms with Crippen LogP contribution in [0.4, 0.5) is 8.78 Å². The molecule has 0 radical (unpaired) electrons. The number of hydrogen-bond donors (Lipinski definition) is 0. The minimum absolute atomic E-state index is 0.0113. The van der Waals surface area contributed by atoms with Gasteiger partial charge in [-0.3, -0.25) is 14.5 Å². The molecule has 28 heavy (non-hydrogen) atoms. The fourth-order valence-corrected chi connectivity index (χ4v) is 3.13. The van der Waals surface area contributed by atoms with Gasteiger partial charge in [0.25, 0.3) is 5.91 Å². The molecule has 2 heterocycles. The van der Waals surface area contributed by atoms with E-state index in [0.29, 0.717) is 32.2 Å². The van der Waals surface area contributed by atoms with Gasteiger partial charge in [0.05, 0.1) is 18.9 Å². The lowest BCUT2D eigenvalue weighted by Gasteiger charge is -2.36. The highest BCUT2D eigenvalue weighted by Crippen LogP contribution is 2.18. The molecule has 150 valence electrons. The number of halogens is 2.